The highest BCUT2D eigenvalue weighted by molar-refractivity contribution is 6.00. The maximum atomic E-state index is 13.2. The molecule has 0 unspecified atom stereocenters. The van der Waals surface area contributed by atoms with Gasteiger partial charge in [-0.2, -0.15) is 9.61 Å². The number of methoxy groups -OCH3 is 1. The van der Waals surface area contributed by atoms with Crippen LogP contribution in [0.3, 0.4) is 0 Å². The van der Waals surface area contributed by atoms with Gasteiger partial charge < -0.3 is 30.0 Å². The maximum Gasteiger partial charge on any atom is 0.274 e. The minimum absolute atomic E-state index is 0.0579. The van der Waals surface area contributed by atoms with E-state index in [9.17, 15) is 9.59 Å². The second kappa shape index (κ2) is 8.65. The summed E-state index contributed by atoms with van der Waals surface area (Å²) in [4.78, 5) is 30.9. The quantitative estimate of drug-likeness (QED) is 0.469. The molecule has 3 aliphatic rings. The minimum atomic E-state index is -0.224. The summed E-state index contributed by atoms with van der Waals surface area (Å²) in [6.07, 6.45) is 6.12. The van der Waals surface area contributed by atoms with E-state index in [4.69, 9.17) is 9.47 Å². The third-order valence-corrected chi connectivity index (χ3v) is 7.49. The van der Waals surface area contributed by atoms with Gasteiger partial charge in [0.25, 0.3) is 11.5 Å². The average Bonchev–Trinajstić information content (AvgIpc) is 3.31. The summed E-state index contributed by atoms with van der Waals surface area (Å²) in [5, 5.41) is 13.7. The van der Waals surface area contributed by atoms with Crippen molar-refractivity contribution in [2.24, 2.45) is 11.8 Å². The largest absolute Gasteiger partial charge is 0.381 e. The first-order chi connectivity index (χ1) is 17.1. The summed E-state index contributed by atoms with van der Waals surface area (Å²) in [6.45, 7) is 1.42. The Morgan fingerprint density at radius 2 is 2.09 bits per heavy atom. The number of ether oxygens (including phenoxy) is 2. The number of carbonyl (C=O) groups excluding carboxylic acids is 1. The molecule has 2 saturated carbocycles. The van der Waals surface area contributed by atoms with Crippen LogP contribution < -0.4 is 21.5 Å². The van der Waals surface area contributed by atoms with E-state index in [-0.39, 0.29) is 29.7 Å². The smallest absolute Gasteiger partial charge is 0.274 e. The number of hydrogen-bond donors (Lipinski definition) is 3. The number of fused-ring (bicyclic) bond motifs is 2. The Hall–Kier alpha value is -3.44. The number of nitrogens with one attached hydrogen (secondary N) is 3. The summed E-state index contributed by atoms with van der Waals surface area (Å²) in [5.74, 6) is 1.70. The van der Waals surface area contributed by atoms with Gasteiger partial charge in [0.05, 0.1) is 25.5 Å². The van der Waals surface area contributed by atoms with E-state index in [1.54, 1.807) is 35.4 Å². The predicted molar refractivity (Wildman–Crippen MR) is 129 cm³/mol. The summed E-state index contributed by atoms with van der Waals surface area (Å²) in [5.41, 5.74) is 1.12. The number of amides is 1. The van der Waals surface area contributed by atoms with Crippen LogP contribution in [0.4, 0.5) is 17.3 Å². The van der Waals surface area contributed by atoms with Crippen LogP contribution in [0.25, 0.3) is 5.65 Å². The van der Waals surface area contributed by atoms with Crippen molar-refractivity contribution in [3.63, 3.8) is 0 Å². The monoisotopic (exact) mass is 479 g/mol. The molecule has 184 valence electrons. The molecule has 4 heterocycles. The standard InChI is InChI=1S/C24H29N7O4/c1-25-20-9-19(28-18-4-3-7-30(24(18)33)21-16-11-35-12-17(16)21)29-22-15(10-26-31(20)22)23(32)27-13-5-6-14(8-13)34-2/h3-4,7,9-10,13-14,16-17,21,25H,5-6,8,11-12H2,1-2H3,(H,27,32)(H,28,29)/t13-,14-,16-,17+,21-/m1/s1. The van der Waals surface area contributed by atoms with E-state index in [1.807, 2.05) is 12.3 Å². The topological polar surface area (TPSA) is 124 Å². The zero-order valence-electron chi connectivity index (χ0n) is 19.7. The third-order valence-electron chi connectivity index (χ3n) is 7.49. The number of carbonyl (C=O) groups is 1. The highest BCUT2D eigenvalue weighted by Gasteiger charge is 2.55. The summed E-state index contributed by atoms with van der Waals surface area (Å²) < 4.78 is 14.3. The molecule has 3 N–H and O–H groups in total. The highest BCUT2D eigenvalue weighted by Crippen LogP contribution is 2.53. The average molecular weight is 480 g/mol. The fourth-order valence-electron chi connectivity index (χ4n) is 5.51. The normalized spacial score (nSPS) is 27.1. The van der Waals surface area contributed by atoms with Crippen molar-refractivity contribution >= 4 is 28.9 Å². The number of nitrogens with zero attached hydrogens (tertiary/aromatic N) is 4. The molecule has 0 bridgehead atoms. The lowest BCUT2D eigenvalue weighted by molar-refractivity contribution is 0.0916. The fraction of sp³-hybridized carbons (Fsp3) is 0.500. The van der Waals surface area contributed by atoms with Crippen molar-refractivity contribution in [2.45, 2.75) is 37.5 Å². The molecule has 11 nitrogen and oxygen atoms in total. The highest BCUT2D eigenvalue weighted by atomic mass is 16.5. The maximum absolute atomic E-state index is 13.2. The molecule has 1 amide bonds. The van der Waals surface area contributed by atoms with Gasteiger partial charge in [-0.3, -0.25) is 9.59 Å². The lowest BCUT2D eigenvalue weighted by atomic mass is 10.2. The predicted octanol–water partition coefficient (Wildman–Crippen LogP) is 1.79. The molecule has 2 aliphatic carbocycles. The van der Waals surface area contributed by atoms with Crippen molar-refractivity contribution in [2.75, 3.05) is 38.0 Å². The van der Waals surface area contributed by atoms with E-state index in [0.717, 1.165) is 19.3 Å². The van der Waals surface area contributed by atoms with E-state index in [2.05, 4.69) is 26.0 Å². The van der Waals surface area contributed by atoms with E-state index < -0.39 is 0 Å². The van der Waals surface area contributed by atoms with Gasteiger partial charge in [0.1, 0.15) is 22.9 Å². The molecule has 1 aliphatic heterocycles. The molecule has 6 rings (SSSR count). The third kappa shape index (κ3) is 3.84. The number of aromatic nitrogens is 4. The molecule has 0 radical (unpaired) electrons. The Morgan fingerprint density at radius 3 is 2.83 bits per heavy atom. The molecular weight excluding hydrogens is 450 g/mol. The van der Waals surface area contributed by atoms with Crippen molar-refractivity contribution in [1.29, 1.82) is 0 Å². The van der Waals surface area contributed by atoms with Crippen LogP contribution in [0.15, 0.2) is 35.4 Å². The number of anilines is 3. The number of rotatable bonds is 7. The van der Waals surface area contributed by atoms with Crippen LogP contribution in [0.2, 0.25) is 0 Å². The molecule has 3 aromatic rings. The van der Waals surface area contributed by atoms with Gasteiger partial charge in [-0.15, -0.1) is 0 Å². The zero-order chi connectivity index (χ0) is 24.1. The Morgan fingerprint density at radius 1 is 1.26 bits per heavy atom. The van der Waals surface area contributed by atoms with E-state index in [0.29, 0.717) is 53.6 Å². The second-order valence-corrected chi connectivity index (χ2v) is 9.53. The van der Waals surface area contributed by atoms with Crippen LogP contribution in [-0.4, -0.2) is 64.6 Å². The van der Waals surface area contributed by atoms with Crippen molar-refractivity contribution < 1.29 is 14.3 Å². The second-order valence-electron chi connectivity index (χ2n) is 9.53. The molecule has 5 atom stereocenters. The van der Waals surface area contributed by atoms with Gasteiger partial charge >= 0.3 is 0 Å². The van der Waals surface area contributed by atoms with Crippen LogP contribution >= 0.6 is 0 Å². The van der Waals surface area contributed by atoms with Crippen molar-refractivity contribution in [1.82, 2.24) is 24.5 Å². The first-order valence-electron chi connectivity index (χ1n) is 12.0. The number of pyridine rings is 1. The Kier molecular flexibility index (Phi) is 5.45. The van der Waals surface area contributed by atoms with Gasteiger partial charge in [0, 0.05) is 50.3 Å². The van der Waals surface area contributed by atoms with E-state index in [1.165, 1.54) is 6.20 Å². The van der Waals surface area contributed by atoms with Crippen LogP contribution in [-0.2, 0) is 9.47 Å². The first kappa shape index (κ1) is 22.1. The van der Waals surface area contributed by atoms with Gasteiger partial charge in [-0.1, -0.05) is 0 Å². The van der Waals surface area contributed by atoms with Crippen LogP contribution in [0.1, 0.15) is 35.7 Å². The SMILES string of the molecule is CNc1cc(Nc2cccn([C@@H]3[C@@H]4COC[C@@H]43)c2=O)nc2c(C(=O)N[C@@H]3CC[C@@H](OC)C3)cnn12. The van der Waals surface area contributed by atoms with Gasteiger partial charge in [-0.25, -0.2) is 4.98 Å². The number of hydrogen-bond acceptors (Lipinski definition) is 8. The van der Waals surface area contributed by atoms with Crippen LogP contribution in [0, 0.1) is 11.8 Å². The molecule has 3 fully saturated rings. The zero-order valence-corrected chi connectivity index (χ0v) is 19.7. The molecule has 1 saturated heterocycles. The Bertz CT molecular complexity index is 1330. The Labute approximate surface area is 201 Å². The van der Waals surface area contributed by atoms with Crippen LogP contribution in [0.5, 0.6) is 0 Å². The molecular formula is C24H29N7O4. The van der Waals surface area contributed by atoms with Gasteiger partial charge in [0.2, 0.25) is 0 Å². The molecule has 0 aromatic carbocycles. The summed E-state index contributed by atoms with van der Waals surface area (Å²) >= 11 is 0. The summed E-state index contributed by atoms with van der Waals surface area (Å²) in [7, 11) is 3.47. The molecule has 3 aromatic heterocycles. The lowest BCUT2D eigenvalue weighted by Gasteiger charge is -2.14. The molecule has 0 spiro atoms. The van der Waals surface area contributed by atoms with Crippen molar-refractivity contribution in [3.05, 3.63) is 46.5 Å². The molecule has 11 heteroatoms. The lowest BCUT2D eigenvalue weighted by Crippen LogP contribution is -2.33. The molecule has 35 heavy (non-hydrogen) atoms. The fourth-order valence-corrected chi connectivity index (χ4v) is 5.51. The summed E-state index contributed by atoms with van der Waals surface area (Å²) in [6, 6.07) is 5.62. The van der Waals surface area contributed by atoms with Gasteiger partial charge in [0.15, 0.2) is 5.65 Å². The first-order valence-corrected chi connectivity index (χ1v) is 12.0. The van der Waals surface area contributed by atoms with E-state index >= 15 is 0 Å². The van der Waals surface area contributed by atoms with Gasteiger partial charge in [-0.05, 0) is 31.4 Å². The minimum Gasteiger partial charge on any atom is -0.381 e. The Balaban J connectivity index is 1.28. The van der Waals surface area contributed by atoms with Crippen molar-refractivity contribution in [3.8, 4) is 0 Å².